The minimum atomic E-state index is 0.0803. The molecule has 0 bridgehead atoms. The normalized spacial score (nSPS) is 14.5. The molecule has 5 rings (SSSR count). The highest BCUT2D eigenvalue weighted by atomic mass is 35.5. The van der Waals surface area contributed by atoms with Crippen molar-refractivity contribution >= 4 is 56.9 Å². The summed E-state index contributed by atoms with van der Waals surface area (Å²) >= 11 is 11.6. The topological polar surface area (TPSA) is 68.4 Å². The van der Waals surface area contributed by atoms with Crippen LogP contribution >= 0.6 is 23.8 Å². The number of halogens is 1. The molecule has 7 nitrogen and oxygen atoms in total. The number of azo groups is 1. The molecule has 4 aromatic rings. The number of aromatic hydroxyl groups is 1. The van der Waals surface area contributed by atoms with Crippen molar-refractivity contribution in [1.29, 1.82) is 0 Å². The fourth-order valence-corrected chi connectivity index (χ4v) is 5.03. The molecule has 9 heteroatoms. The minimum absolute atomic E-state index is 0.0803. The smallest absolute Gasteiger partial charge is 0.221 e. The number of aromatic nitrogens is 1. The molecular formula is C28H29ClN6OS. The zero-order chi connectivity index (χ0) is 25.9. The van der Waals surface area contributed by atoms with Crippen molar-refractivity contribution in [3.8, 4) is 5.88 Å². The summed E-state index contributed by atoms with van der Waals surface area (Å²) in [7, 11) is 0. The van der Waals surface area contributed by atoms with E-state index >= 15 is 0 Å². The zero-order valence-corrected chi connectivity index (χ0v) is 22.4. The van der Waals surface area contributed by atoms with E-state index in [1.54, 1.807) is 0 Å². The predicted molar refractivity (Wildman–Crippen MR) is 155 cm³/mol. The Morgan fingerprint density at radius 1 is 0.973 bits per heavy atom. The number of thiocarbonyl (C=S) groups is 1. The summed E-state index contributed by atoms with van der Waals surface area (Å²) in [4.78, 5) is 4.70. The van der Waals surface area contributed by atoms with Gasteiger partial charge in [0.05, 0.1) is 12.2 Å². The lowest BCUT2D eigenvalue weighted by Crippen LogP contribution is -2.47. The van der Waals surface area contributed by atoms with Crippen molar-refractivity contribution in [3.05, 3.63) is 82.9 Å². The number of piperazine rings is 1. The van der Waals surface area contributed by atoms with Gasteiger partial charge in [0.2, 0.25) is 11.0 Å². The van der Waals surface area contributed by atoms with E-state index < -0.39 is 0 Å². The molecule has 1 aliphatic heterocycles. The monoisotopic (exact) mass is 532 g/mol. The van der Waals surface area contributed by atoms with Gasteiger partial charge in [-0.1, -0.05) is 54.1 Å². The number of rotatable bonds is 5. The van der Waals surface area contributed by atoms with E-state index in [1.807, 2.05) is 72.2 Å². The molecule has 37 heavy (non-hydrogen) atoms. The first-order valence-corrected chi connectivity index (χ1v) is 13.0. The third-order valence-electron chi connectivity index (χ3n) is 6.77. The Morgan fingerprint density at radius 3 is 2.49 bits per heavy atom. The molecule has 0 amide bonds. The van der Waals surface area contributed by atoms with Crippen molar-refractivity contribution in [2.24, 2.45) is 10.2 Å². The van der Waals surface area contributed by atoms with E-state index in [0.717, 1.165) is 53.4 Å². The van der Waals surface area contributed by atoms with Crippen LogP contribution in [0, 0.1) is 13.8 Å². The van der Waals surface area contributed by atoms with Crippen LogP contribution in [0.1, 0.15) is 11.1 Å². The molecule has 1 aliphatic rings. The Morgan fingerprint density at radius 2 is 1.70 bits per heavy atom. The average Bonchev–Trinajstić information content (AvgIpc) is 3.16. The summed E-state index contributed by atoms with van der Waals surface area (Å²) in [5.41, 5.74) is 5.66. The second kappa shape index (κ2) is 10.9. The molecular weight excluding hydrogens is 504 g/mol. The van der Waals surface area contributed by atoms with Gasteiger partial charge in [0, 0.05) is 48.0 Å². The van der Waals surface area contributed by atoms with Crippen molar-refractivity contribution < 1.29 is 5.11 Å². The highest BCUT2D eigenvalue weighted by molar-refractivity contribution is 7.80. The van der Waals surface area contributed by atoms with Gasteiger partial charge < -0.3 is 15.3 Å². The first kappa shape index (κ1) is 25.2. The fraction of sp³-hybridized carbons (Fsp3) is 0.250. The Balaban J connectivity index is 1.32. The summed E-state index contributed by atoms with van der Waals surface area (Å²) in [6, 6.07) is 21.7. The van der Waals surface area contributed by atoms with Crippen LogP contribution in [0.15, 0.2) is 77.0 Å². The Labute approximate surface area is 227 Å². The number of para-hydroxylation sites is 2. The van der Waals surface area contributed by atoms with Crippen LogP contribution in [0.4, 0.5) is 17.1 Å². The number of benzene rings is 3. The number of nitrogens with one attached hydrogen (secondary N) is 1. The Hall–Kier alpha value is -3.46. The van der Waals surface area contributed by atoms with E-state index in [1.165, 1.54) is 11.3 Å². The van der Waals surface area contributed by atoms with Gasteiger partial charge in [-0.05, 0) is 61.5 Å². The van der Waals surface area contributed by atoms with Gasteiger partial charge in [0.25, 0.3) is 0 Å². The lowest BCUT2D eigenvalue weighted by molar-refractivity contribution is 0.200. The summed E-state index contributed by atoms with van der Waals surface area (Å²) < 4.78 is 1.89. The van der Waals surface area contributed by atoms with Gasteiger partial charge in [0.1, 0.15) is 0 Å². The third-order valence-corrected chi connectivity index (χ3v) is 7.19. The molecule has 2 N–H and O–H groups in total. The second-order valence-corrected chi connectivity index (χ2v) is 10.1. The maximum Gasteiger partial charge on any atom is 0.221 e. The first-order valence-electron chi connectivity index (χ1n) is 12.2. The molecule has 0 radical (unpaired) electrons. The molecule has 0 atom stereocenters. The molecule has 0 saturated carbocycles. The molecule has 1 fully saturated rings. The molecule has 190 valence electrons. The number of hydrogen-bond donors (Lipinski definition) is 2. The van der Waals surface area contributed by atoms with Crippen molar-refractivity contribution in [1.82, 2.24) is 9.47 Å². The van der Waals surface area contributed by atoms with E-state index in [-0.39, 0.29) is 11.0 Å². The van der Waals surface area contributed by atoms with Crippen molar-refractivity contribution in [3.63, 3.8) is 0 Å². The summed E-state index contributed by atoms with van der Waals surface area (Å²) in [5.74, 6) is 0.0803. The largest absolute Gasteiger partial charge is 0.493 e. The molecule has 1 saturated heterocycles. The van der Waals surface area contributed by atoms with E-state index in [2.05, 4.69) is 38.3 Å². The summed E-state index contributed by atoms with van der Waals surface area (Å²) in [6.45, 7) is 8.14. The second-order valence-electron chi connectivity index (χ2n) is 9.24. The zero-order valence-electron chi connectivity index (χ0n) is 20.9. The molecule has 2 heterocycles. The van der Waals surface area contributed by atoms with Gasteiger partial charge in [-0.15, -0.1) is 10.2 Å². The summed E-state index contributed by atoms with van der Waals surface area (Å²) in [6.07, 6.45) is 0. The predicted octanol–water partition coefficient (Wildman–Crippen LogP) is 6.88. The fourth-order valence-electron chi connectivity index (χ4n) is 4.72. The number of hydrogen-bond acceptors (Lipinski definition) is 5. The van der Waals surface area contributed by atoms with Crippen LogP contribution < -0.4 is 10.2 Å². The Bertz CT molecular complexity index is 1480. The number of fused-ring (bicyclic) bond motifs is 1. The maximum atomic E-state index is 11.2. The maximum absolute atomic E-state index is 11.2. The quantitative estimate of drug-likeness (QED) is 0.217. The van der Waals surface area contributed by atoms with E-state index in [4.69, 9.17) is 23.8 Å². The van der Waals surface area contributed by atoms with Gasteiger partial charge in [0.15, 0.2) is 5.69 Å². The van der Waals surface area contributed by atoms with E-state index in [0.29, 0.717) is 12.4 Å². The van der Waals surface area contributed by atoms with Crippen LogP contribution in [0.5, 0.6) is 5.88 Å². The first-order chi connectivity index (χ1) is 17.9. The number of anilines is 2. The minimum Gasteiger partial charge on any atom is -0.493 e. The average molecular weight is 533 g/mol. The molecule has 0 aliphatic carbocycles. The molecule has 3 aromatic carbocycles. The van der Waals surface area contributed by atoms with Crippen molar-refractivity contribution in [2.45, 2.75) is 20.5 Å². The van der Waals surface area contributed by atoms with Gasteiger partial charge in [-0.2, -0.15) is 0 Å². The lowest BCUT2D eigenvalue weighted by atomic mass is 10.1. The number of nitrogens with zero attached hydrogens (tertiary/aromatic N) is 5. The van der Waals surface area contributed by atoms with Crippen LogP contribution in [-0.2, 0) is 6.67 Å². The van der Waals surface area contributed by atoms with Crippen LogP contribution in [0.2, 0.25) is 5.02 Å². The summed E-state index contributed by atoms with van der Waals surface area (Å²) in [5, 5.41) is 24.7. The number of aryl methyl sites for hydroxylation is 2. The van der Waals surface area contributed by atoms with Gasteiger partial charge >= 0.3 is 0 Å². The van der Waals surface area contributed by atoms with E-state index in [9.17, 15) is 5.11 Å². The lowest BCUT2D eigenvalue weighted by Gasteiger charge is -2.37. The molecule has 0 unspecified atom stereocenters. The third kappa shape index (κ3) is 5.46. The van der Waals surface area contributed by atoms with Gasteiger partial charge in [-0.25, -0.2) is 0 Å². The van der Waals surface area contributed by atoms with Crippen LogP contribution in [0.25, 0.3) is 10.9 Å². The van der Waals surface area contributed by atoms with Crippen LogP contribution in [0.3, 0.4) is 0 Å². The molecule has 0 spiro atoms. The van der Waals surface area contributed by atoms with Gasteiger partial charge in [-0.3, -0.25) is 9.47 Å². The van der Waals surface area contributed by atoms with Crippen molar-refractivity contribution in [2.75, 3.05) is 36.4 Å². The molecule has 1 aromatic heterocycles. The van der Waals surface area contributed by atoms with Crippen LogP contribution in [-0.4, -0.2) is 45.9 Å². The standard InChI is InChI=1S/C28H29ClN6OS/c1-19-7-3-5-9-23(19)30-28(37)32-31-26-22-8-4-6-10-24(22)35(27(26)36)18-33-13-15-34(16-14-33)25-17-21(29)12-11-20(25)2/h3-12,17,36H,13-16,18H2,1-2H3,(H,30,37). The highest BCUT2D eigenvalue weighted by Crippen LogP contribution is 2.39. The Kier molecular flexibility index (Phi) is 7.41. The highest BCUT2D eigenvalue weighted by Gasteiger charge is 2.22. The SMILES string of the molecule is Cc1ccccc1NC(=S)N=Nc1c(O)n(CN2CCN(c3cc(Cl)ccc3C)CC2)c2ccccc12.